The molecule has 0 aliphatic heterocycles. The molecule has 6 nitrogen and oxygen atoms in total. The number of nitrogens with zero attached hydrogens (tertiary/aromatic N) is 2. The molecule has 1 N–H and O–H groups in total. The first-order valence-corrected chi connectivity index (χ1v) is 9.39. The van der Waals surface area contributed by atoms with Gasteiger partial charge in [-0.1, -0.05) is 19.9 Å². The molecule has 0 fully saturated rings. The van der Waals surface area contributed by atoms with E-state index in [1.807, 2.05) is 25.1 Å². The molecule has 2 amide bonds. The first kappa shape index (κ1) is 20.7. The molecule has 6 heteroatoms. The molecule has 146 valence electrons. The third kappa shape index (κ3) is 6.55. The molecule has 0 aliphatic rings. The van der Waals surface area contributed by atoms with Gasteiger partial charge in [-0.15, -0.1) is 0 Å². The van der Waals surface area contributed by atoms with Crippen LogP contribution in [0.3, 0.4) is 0 Å². The average molecular weight is 371 g/mol. The number of rotatable bonds is 9. The Morgan fingerprint density at radius 1 is 1.22 bits per heavy atom. The molecule has 0 aliphatic carbocycles. The van der Waals surface area contributed by atoms with Gasteiger partial charge in [-0.2, -0.15) is 0 Å². The number of amides is 2. The maximum atomic E-state index is 12.9. The van der Waals surface area contributed by atoms with E-state index in [-0.39, 0.29) is 18.2 Å². The van der Waals surface area contributed by atoms with Crippen LogP contribution in [0.4, 0.5) is 0 Å². The molecule has 2 heterocycles. The predicted molar refractivity (Wildman–Crippen MR) is 104 cm³/mol. The number of nitrogens with one attached hydrogen (secondary N) is 1. The van der Waals surface area contributed by atoms with Gasteiger partial charge in [0.05, 0.1) is 17.8 Å². The molecule has 0 radical (unpaired) electrons. The van der Waals surface area contributed by atoms with E-state index in [9.17, 15) is 9.59 Å². The maximum absolute atomic E-state index is 12.9. The van der Waals surface area contributed by atoms with Crippen LogP contribution in [0.2, 0.25) is 0 Å². The van der Waals surface area contributed by atoms with Gasteiger partial charge in [0.15, 0.2) is 0 Å². The van der Waals surface area contributed by atoms with Crippen molar-refractivity contribution in [3.8, 4) is 0 Å². The zero-order chi connectivity index (χ0) is 19.8. The topological polar surface area (TPSA) is 75.4 Å². The lowest BCUT2D eigenvalue weighted by Gasteiger charge is -2.23. The summed E-state index contributed by atoms with van der Waals surface area (Å²) in [7, 11) is 0. The number of aryl methyl sites for hydroxylation is 2. The van der Waals surface area contributed by atoms with Crippen molar-refractivity contribution in [2.75, 3.05) is 13.1 Å². The van der Waals surface area contributed by atoms with Crippen LogP contribution in [0.1, 0.15) is 54.3 Å². The second-order valence-electron chi connectivity index (χ2n) is 7.15. The van der Waals surface area contributed by atoms with Gasteiger partial charge in [-0.3, -0.25) is 14.6 Å². The number of carbonyl (C=O) groups excluding carboxylic acids is 2. The van der Waals surface area contributed by atoms with Crippen molar-refractivity contribution in [2.24, 2.45) is 5.92 Å². The Balaban J connectivity index is 1.94. The van der Waals surface area contributed by atoms with Crippen LogP contribution in [-0.4, -0.2) is 34.8 Å². The lowest BCUT2D eigenvalue weighted by atomic mass is 10.1. The molecule has 0 aromatic carbocycles. The Kier molecular flexibility index (Phi) is 7.58. The summed E-state index contributed by atoms with van der Waals surface area (Å²) in [6, 6.07) is 7.35. The fraction of sp³-hybridized carbons (Fsp3) is 0.476. The number of hydrogen-bond acceptors (Lipinski definition) is 4. The number of furan rings is 1. The Bertz CT molecular complexity index is 753. The maximum Gasteiger partial charge on any atom is 0.257 e. The molecule has 0 atom stereocenters. The van der Waals surface area contributed by atoms with Crippen LogP contribution in [0.5, 0.6) is 0 Å². The number of carbonyl (C=O) groups is 2. The predicted octanol–water partition coefficient (Wildman–Crippen LogP) is 3.49. The normalized spacial score (nSPS) is 10.9. The zero-order valence-corrected chi connectivity index (χ0v) is 16.6. The van der Waals surface area contributed by atoms with Gasteiger partial charge in [-0.25, -0.2) is 0 Å². The van der Waals surface area contributed by atoms with Crippen LogP contribution in [0, 0.1) is 19.8 Å². The van der Waals surface area contributed by atoms with Crippen LogP contribution in [0.25, 0.3) is 0 Å². The summed E-state index contributed by atoms with van der Waals surface area (Å²) in [6.07, 6.45) is 2.84. The Morgan fingerprint density at radius 2 is 2.00 bits per heavy atom. The minimum atomic E-state index is -0.0944. The molecule has 0 spiro atoms. The van der Waals surface area contributed by atoms with Gasteiger partial charge in [0.25, 0.3) is 5.91 Å². The molecule has 2 aromatic rings. The zero-order valence-electron chi connectivity index (χ0n) is 16.6. The highest BCUT2D eigenvalue weighted by atomic mass is 16.3. The summed E-state index contributed by atoms with van der Waals surface area (Å²) in [5, 5.41) is 2.86. The Morgan fingerprint density at radius 3 is 2.59 bits per heavy atom. The van der Waals surface area contributed by atoms with E-state index < -0.39 is 0 Å². The first-order valence-electron chi connectivity index (χ1n) is 9.39. The van der Waals surface area contributed by atoms with Crippen LogP contribution in [-0.2, 0) is 11.3 Å². The molecule has 0 bridgehead atoms. The van der Waals surface area contributed by atoms with Gasteiger partial charge in [-0.05, 0) is 44.4 Å². The van der Waals surface area contributed by atoms with Crippen LogP contribution >= 0.6 is 0 Å². The Labute approximate surface area is 161 Å². The largest absolute Gasteiger partial charge is 0.466 e. The molecule has 0 saturated heterocycles. The van der Waals surface area contributed by atoms with Crippen molar-refractivity contribution in [3.05, 3.63) is 53.2 Å². The van der Waals surface area contributed by atoms with Gasteiger partial charge in [0, 0.05) is 25.7 Å². The van der Waals surface area contributed by atoms with E-state index in [4.69, 9.17) is 4.42 Å². The third-order valence-electron chi connectivity index (χ3n) is 4.34. The summed E-state index contributed by atoms with van der Waals surface area (Å²) in [5.74, 6) is 1.63. The van der Waals surface area contributed by atoms with Crippen molar-refractivity contribution >= 4 is 11.8 Å². The van der Waals surface area contributed by atoms with Gasteiger partial charge >= 0.3 is 0 Å². The summed E-state index contributed by atoms with van der Waals surface area (Å²) < 4.78 is 5.49. The molecular weight excluding hydrogens is 342 g/mol. The van der Waals surface area contributed by atoms with E-state index in [2.05, 4.69) is 24.1 Å². The second-order valence-corrected chi connectivity index (χ2v) is 7.15. The molecule has 0 unspecified atom stereocenters. The van der Waals surface area contributed by atoms with Crippen molar-refractivity contribution in [1.29, 1.82) is 0 Å². The van der Waals surface area contributed by atoms with E-state index >= 15 is 0 Å². The second kappa shape index (κ2) is 9.90. The van der Waals surface area contributed by atoms with Crippen molar-refractivity contribution < 1.29 is 14.0 Å². The highest BCUT2D eigenvalue weighted by molar-refractivity contribution is 5.95. The van der Waals surface area contributed by atoms with Crippen LogP contribution < -0.4 is 5.32 Å². The van der Waals surface area contributed by atoms with Gasteiger partial charge in [0.2, 0.25) is 5.91 Å². The Hall–Kier alpha value is -2.63. The van der Waals surface area contributed by atoms with E-state index in [0.29, 0.717) is 42.6 Å². The minimum Gasteiger partial charge on any atom is -0.466 e. The van der Waals surface area contributed by atoms with E-state index in [1.165, 1.54) is 0 Å². The third-order valence-corrected chi connectivity index (χ3v) is 4.34. The molecule has 27 heavy (non-hydrogen) atoms. The van der Waals surface area contributed by atoms with Gasteiger partial charge in [0.1, 0.15) is 11.5 Å². The lowest BCUT2D eigenvalue weighted by molar-refractivity contribution is -0.121. The monoisotopic (exact) mass is 371 g/mol. The summed E-state index contributed by atoms with van der Waals surface area (Å²) in [6.45, 7) is 9.25. The van der Waals surface area contributed by atoms with E-state index in [1.54, 1.807) is 24.1 Å². The number of hydrogen-bond donors (Lipinski definition) is 1. The fourth-order valence-corrected chi connectivity index (χ4v) is 2.76. The fourth-order valence-electron chi connectivity index (χ4n) is 2.76. The number of aromatic nitrogens is 1. The summed E-state index contributed by atoms with van der Waals surface area (Å²) in [5.41, 5.74) is 1.38. The quantitative estimate of drug-likeness (QED) is 0.732. The van der Waals surface area contributed by atoms with E-state index in [0.717, 1.165) is 12.1 Å². The van der Waals surface area contributed by atoms with Crippen LogP contribution in [0.15, 0.2) is 34.9 Å². The van der Waals surface area contributed by atoms with Crippen molar-refractivity contribution in [3.63, 3.8) is 0 Å². The standard InChI is InChI=1S/C21H29N3O3/c1-15(2)8-11-24(21(26)19-13-16(3)27-17(19)4)12-9-20(25)23-14-18-7-5-6-10-22-18/h5-7,10,13,15H,8-9,11-12,14H2,1-4H3,(H,23,25). The summed E-state index contributed by atoms with van der Waals surface area (Å²) >= 11 is 0. The lowest BCUT2D eigenvalue weighted by Crippen LogP contribution is -2.36. The molecule has 2 rings (SSSR count). The molecular formula is C21H29N3O3. The highest BCUT2D eigenvalue weighted by Gasteiger charge is 2.21. The van der Waals surface area contributed by atoms with Crippen molar-refractivity contribution in [2.45, 2.75) is 47.1 Å². The number of pyridine rings is 1. The van der Waals surface area contributed by atoms with Gasteiger partial charge < -0.3 is 14.6 Å². The summed E-state index contributed by atoms with van der Waals surface area (Å²) in [4.78, 5) is 31.0. The smallest absolute Gasteiger partial charge is 0.257 e. The first-order chi connectivity index (χ1) is 12.9. The average Bonchev–Trinajstić information content (AvgIpc) is 2.98. The highest BCUT2D eigenvalue weighted by Crippen LogP contribution is 2.17. The molecule has 2 aromatic heterocycles. The SMILES string of the molecule is Cc1cc(C(=O)N(CCC(=O)NCc2ccccn2)CCC(C)C)c(C)o1. The molecule has 0 saturated carbocycles. The van der Waals surface area contributed by atoms with Crippen molar-refractivity contribution in [1.82, 2.24) is 15.2 Å². The minimum absolute atomic E-state index is 0.0810.